The molecule has 7 heteroatoms. The number of nitrogens with one attached hydrogen (secondary N) is 1. The van der Waals surface area contributed by atoms with Crippen molar-refractivity contribution in [2.24, 2.45) is 0 Å². The molecule has 0 saturated heterocycles. The van der Waals surface area contributed by atoms with E-state index in [1.807, 2.05) is 43.3 Å². The van der Waals surface area contributed by atoms with Crippen molar-refractivity contribution in [3.63, 3.8) is 0 Å². The number of hydrogen-bond acceptors (Lipinski definition) is 6. The molecule has 0 fully saturated rings. The zero-order valence-electron chi connectivity index (χ0n) is 16.2. The molecule has 2 aromatic rings. The van der Waals surface area contributed by atoms with Gasteiger partial charge in [-0.3, -0.25) is 4.79 Å². The van der Waals surface area contributed by atoms with Crippen molar-refractivity contribution in [3.8, 4) is 23.0 Å². The highest BCUT2D eigenvalue weighted by molar-refractivity contribution is 8.00. The van der Waals surface area contributed by atoms with Crippen LogP contribution in [-0.4, -0.2) is 39.6 Å². The van der Waals surface area contributed by atoms with Crippen LogP contribution in [0, 0.1) is 0 Å². The van der Waals surface area contributed by atoms with E-state index in [0.717, 1.165) is 10.5 Å². The second kappa shape index (κ2) is 9.97. The van der Waals surface area contributed by atoms with Gasteiger partial charge >= 0.3 is 0 Å². The Morgan fingerprint density at radius 3 is 2.04 bits per heavy atom. The summed E-state index contributed by atoms with van der Waals surface area (Å²) in [6, 6.07) is 11.2. The standard InChI is InChI=1S/C20H25NO5S/c1-13(27-15-7-9-17(24-3)19(11-15)26-5)20(22)21-12-14-6-8-16(23-2)18(10-14)25-4/h6-11,13H,12H2,1-5H3,(H,21,22). The second-order valence-corrected chi connectivity index (χ2v) is 7.10. The molecule has 0 spiro atoms. The van der Waals surface area contributed by atoms with E-state index < -0.39 is 0 Å². The van der Waals surface area contributed by atoms with Gasteiger partial charge in [-0.15, -0.1) is 11.8 Å². The Labute approximate surface area is 164 Å². The third-order valence-electron chi connectivity index (χ3n) is 3.95. The topological polar surface area (TPSA) is 66.0 Å². The minimum absolute atomic E-state index is 0.0513. The van der Waals surface area contributed by atoms with Crippen molar-refractivity contribution in [2.45, 2.75) is 23.6 Å². The molecule has 1 amide bonds. The smallest absolute Gasteiger partial charge is 0.233 e. The monoisotopic (exact) mass is 391 g/mol. The third-order valence-corrected chi connectivity index (χ3v) is 5.05. The average Bonchev–Trinajstić information content (AvgIpc) is 2.71. The first-order valence-electron chi connectivity index (χ1n) is 8.39. The van der Waals surface area contributed by atoms with Gasteiger partial charge < -0.3 is 24.3 Å². The van der Waals surface area contributed by atoms with E-state index in [1.54, 1.807) is 28.4 Å². The van der Waals surface area contributed by atoms with Gasteiger partial charge in [0.25, 0.3) is 0 Å². The summed E-state index contributed by atoms with van der Waals surface area (Å²) in [6.07, 6.45) is 0. The summed E-state index contributed by atoms with van der Waals surface area (Å²) < 4.78 is 21.0. The van der Waals surface area contributed by atoms with Crippen LogP contribution in [0.25, 0.3) is 0 Å². The van der Waals surface area contributed by atoms with Crippen LogP contribution in [-0.2, 0) is 11.3 Å². The number of hydrogen-bond donors (Lipinski definition) is 1. The van der Waals surface area contributed by atoms with Crippen LogP contribution in [0.15, 0.2) is 41.3 Å². The van der Waals surface area contributed by atoms with Crippen molar-refractivity contribution in [1.82, 2.24) is 5.32 Å². The van der Waals surface area contributed by atoms with Crippen molar-refractivity contribution in [1.29, 1.82) is 0 Å². The Kier molecular flexibility index (Phi) is 7.67. The Balaban J connectivity index is 1.96. The Hall–Kier alpha value is -2.54. The van der Waals surface area contributed by atoms with Crippen molar-refractivity contribution in [2.75, 3.05) is 28.4 Å². The highest BCUT2D eigenvalue weighted by atomic mass is 32.2. The van der Waals surface area contributed by atoms with E-state index in [2.05, 4.69) is 5.32 Å². The molecule has 0 bridgehead atoms. The SMILES string of the molecule is COc1ccc(CNC(=O)C(C)Sc2ccc(OC)c(OC)c2)cc1OC. The summed E-state index contributed by atoms with van der Waals surface area (Å²) >= 11 is 1.46. The summed E-state index contributed by atoms with van der Waals surface area (Å²) in [5.74, 6) is 2.54. The lowest BCUT2D eigenvalue weighted by molar-refractivity contribution is -0.120. The van der Waals surface area contributed by atoms with Gasteiger partial charge in [0.15, 0.2) is 23.0 Å². The molecular weight excluding hydrogens is 366 g/mol. The number of thioether (sulfide) groups is 1. The van der Waals surface area contributed by atoms with Gasteiger partial charge in [0.2, 0.25) is 5.91 Å². The summed E-state index contributed by atoms with van der Waals surface area (Å²) in [4.78, 5) is 13.4. The number of carbonyl (C=O) groups excluding carboxylic acids is 1. The zero-order valence-corrected chi connectivity index (χ0v) is 17.0. The first-order valence-corrected chi connectivity index (χ1v) is 9.27. The quantitative estimate of drug-likeness (QED) is 0.660. The maximum absolute atomic E-state index is 12.4. The van der Waals surface area contributed by atoms with Gasteiger partial charge in [-0.2, -0.15) is 0 Å². The number of carbonyl (C=O) groups is 1. The average molecular weight is 391 g/mol. The molecule has 0 aliphatic rings. The molecule has 0 heterocycles. The van der Waals surface area contributed by atoms with Gasteiger partial charge in [-0.1, -0.05) is 6.07 Å². The molecule has 2 rings (SSSR count). The maximum Gasteiger partial charge on any atom is 0.233 e. The van der Waals surface area contributed by atoms with E-state index in [-0.39, 0.29) is 11.2 Å². The van der Waals surface area contributed by atoms with Crippen LogP contribution >= 0.6 is 11.8 Å². The van der Waals surface area contributed by atoms with E-state index >= 15 is 0 Å². The van der Waals surface area contributed by atoms with E-state index in [9.17, 15) is 4.79 Å². The van der Waals surface area contributed by atoms with Gasteiger partial charge in [-0.25, -0.2) is 0 Å². The number of ether oxygens (including phenoxy) is 4. The molecule has 146 valence electrons. The van der Waals surface area contributed by atoms with Crippen molar-refractivity contribution >= 4 is 17.7 Å². The summed E-state index contributed by atoms with van der Waals surface area (Å²) in [7, 11) is 6.36. The lowest BCUT2D eigenvalue weighted by Crippen LogP contribution is -2.30. The fraction of sp³-hybridized carbons (Fsp3) is 0.350. The molecule has 0 radical (unpaired) electrons. The minimum atomic E-state index is -0.261. The van der Waals surface area contributed by atoms with Gasteiger partial charge in [0, 0.05) is 11.4 Å². The largest absolute Gasteiger partial charge is 0.493 e. The molecule has 6 nitrogen and oxygen atoms in total. The molecule has 0 aliphatic carbocycles. The lowest BCUT2D eigenvalue weighted by Gasteiger charge is -2.14. The normalized spacial score (nSPS) is 11.4. The van der Waals surface area contributed by atoms with E-state index in [0.29, 0.717) is 29.5 Å². The molecular formula is C20H25NO5S. The second-order valence-electron chi connectivity index (χ2n) is 5.68. The lowest BCUT2D eigenvalue weighted by atomic mass is 10.2. The Morgan fingerprint density at radius 2 is 1.44 bits per heavy atom. The predicted molar refractivity (Wildman–Crippen MR) is 106 cm³/mol. The highest BCUT2D eigenvalue weighted by Crippen LogP contribution is 2.33. The van der Waals surface area contributed by atoms with Gasteiger partial charge in [0.05, 0.1) is 33.7 Å². The van der Waals surface area contributed by atoms with Crippen molar-refractivity contribution in [3.05, 3.63) is 42.0 Å². The third kappa shape index (κ3) is 5.47. The molecule has 2 aromatic carbocycles. The van der Waals surface area contributed by atoms with Crippen LogP contribution < -0.4 is 24.3 Å². The zero-order chi connectivity index (χ0) is 19.8. The van der Waals surface area contributed by atoms with Crippen LogP contribution in [0.1, 0.15) is 12.5 Å². The molecule has 1 unspecified atom stereocenters. The number of benzene rings is 2. The predicted octanol–water partition coefficient (Wildman–Crippen LogP) is 3.52. The van der Waals surface area contributed by atoms with Gasteiger partial charge in [0.1, 0.15) is 0 Å². The summed E-state index contributed by atoms with van der Waals surface area (Å²) in [6.45, 7) is 2.28. The summed E-state index contributed by atoms with van der Waals surface area (Å²) in [5.41, 5.74) is 0.935. The van der Waals surface area contributed by atoms with E-state index in [4.69, 9.17) is 18.9 Å². The maximum atomic E-state index is 12.4. The molecule has 1 N–H and O–H groups in total. The van der Waals surface area contributed by atoms with Crippen molar-refractivity contribution < 1.29 is 23.7 Å². The molecule has 0 saturated carbocycles. The van der Waals surface area contributed by atoms with E-state index in [1.165, 1.54) is 11.8 Å². The molecule has 1 atom stereocenters. The molecule has 0 aromatic heterocycles. The first-order chi connectivity index (χ1) is 13.0. The molecule has 27 heavy (non-hydrogen) atoms. The highest BCUT2D eigenvalue weighted by Gasteiger charge is 2.16. The van der Waals surface area contributed by atoms with Crippen LogP contribution in [0.2, 0.25) is 0 Å². The number of amides is 1. The Bertz CT molecular complexity index is 781. The fourth-order valence-corrected chi connectivity index (χ4v) is 3.39. The Morgan fingerprint density at radius 1 is 0.889 bits per heavy atom. The van der Waals surface area contributed by atoms with Crippen LogP contribution in [0.4, 0.5) is 0 Å². The molecule has 0 aliphatic heterocycles. The van der Waals surface area contributed by atoms with Gasteiger partial charge in [-0.05, 0) is 42.8 Å². The fourth-order valence-electron chi connectivity index (χ4n) is 2.47. The number of methoxy groups -OCH3 is 4. The first kappa shape index (κ1) is 20.8. The minimum Gasteiger partial charge on any atom is -0.493 e. The summed E-state index contributed by atoms with van der Waals surface area (Å²) in [5, 5.41) is 2.69. The number of rotatable bonds is 9. The van der Waals surface area contributed by atoms with Crippen LogP contribution in [0.5, 0.6) is 23.0 Å². The van der Waals surface area contributed by atoms with Crippen LogP contribution in [0.3, 0.4) is 0 Å².